The molecular formula is C16H22O3. The van der Waals surface area contributed by atoms with Crippen molar-refractivity contribution >= 4 is 5.97 Å². The highest BCUT2D eigenvalue weighted by Crippen LogP contribution is 2.26. The molecule has 3 nitrogen and oxygen atoms in total. The molecule has 0 bridgehead atoms. The zero-order chi connectivity index (χ0) is 13.8. The lowest BCUT2D eigenvalue weighted by molar-refractivity contribution is -0.281. The molecule has 1 aromatic carbocycles. The second-order valence-corrected chi connectivity index (χ2v) is 5.68. The topological polar surface area (TPSA) is 35.5 Å². The summed E-state index contributed by atoms with van der Waals surface area (Å²) in [6.07, 6.45) is 4.39. The van der Waals surface area contributed by atoms with Gasteiger partial charge in [0.1, 0.15) is 6.10 Å². The summed E-state index contributed by atoms with van der Waals surface area (Å²) in [4.78, 5) is 22.3. The lowest BCUT2D eigenvalue weighted by Gasteiger charge is -2.25. The maximum absolute atomic E-state index is 12.0. The summed E-state index contributed by atoms with van der Waals surface area (Å²) in [6.45, 7) is 6.12. The van der Waals surface area contributed by atoms with Gasteiger partial charge in [0.25, 0.3) is 0 Å². The molecule has 19 heavy (non-hydrogen) atoms. The first-order valence-electron chi connectivity index (χ1n) is 7.01. The zero-order valence-corrected chi connectivity index (χ0v) is 11.9. The van der Waals surface area contributed by atoms with Gasteiger partial charge in [-0.2, -0.15) is 4.89 Å². The third-order valence-corrected chi connectivity index (χ3v) is 3.75. The number of hydrogen-bond donors (Lipinski definition) is 0. The van der Waals surface area contributed by atoms with Gasteiger partial charge in [-0.3, -0.25) is 4.89 Å². The molecule has 1 aliphatic carbocycles. The van der Waals surface area contributed by atoms with Gasteiger partial charge in [-0.15, -0.1) is 0 Å². The van der Waals surface area contributed by atoms with Gasteiger partial charge in [-0.1, -0.05) is 37.5 Å². The summed E-state index contributed by atoms with van der Waals surface area (Å²) < 4.78 is 0. The van der Waals surface area contributed by atoms with E-state index in [1.165, 1.54) is 6.42 Å². The lowest BCUT2D eigenvalue weighted by Crippen LogP contribution is -2.23. The van der Waals surface area contributed by atoms with Crippen LogP contribution in [0.5, 0.6) is 0 Å². The van der Waals surface area contributed by atoms with Crippen LogP contribution in [0.3, 0.4) is 0 Å². The van der Waals surface area contributed by atoms with Crippen LogP contribution in [0.1, 0.15) is 54.1 Å². The van der Waals surface area contributed by atoms with E-state index in [0.717, 1.165) is 30.4 Å². The minimum atomic E-state index is -0.393. The molecule has 0 aliphatic heterocycles. The van der Waals surface area contributed by atoms with Crippen LogP contribution in [0, 0.1) is 19.8 Å². The second kappa shape index (κ2) is 6.20. The quantitative estimate of drug-likeness (QED) is 0.610. The Morgan fingerprint density at radius 2 is 2.05 bits per heavy atom. The normalized spacial score (nSPS) is 23.1. The Morgan fingerprint density at radius 3 is 2.74 bits per heavy atom. The summed E-state index contributed by atoms with van der Waals surface area (Å²) >= 11 is 0. The van der Waals surface area contributed by atoms with Crippen molar-refractivity contribution in [3.63, 3.8) is 0 Å². The van der Waals surface area contributed by atoms with E-state index in [2.05, 4.69) is 6.92 Å². The number of carbonyl (C=O) groups is 1. The molecule has 2 unspecified atom stereocenters. The fourth-order valence-electron chi connectivity index (χ4n) is 2.67. The number of hydrogen-bond acceptors (Lipinski definition) is 3. The first-order valence-corrected chi connectivity index (χ1v) is 7.01. The Balaban J connectivity index is 1.90. The van der Waals surface area contributed by atoms with E-state index in [1.807, 2.05) is 26.0 Å². The van der Waals surface area contributed by atoms with Gasteiger partial charge in [-0.05, 0) is 44.2 Å². The molecule has 0 heterocycles. The predicted octanol–water partition coefficient (Wildman–Crippen LogP) is 3.97. The zero-order valence-electron chi connectivity index (χ0n) is 11.9. The molecule has 0 spiro atoms. The molecule has 2 rings (SSSR count). The molecular weight excluding hydrogens is 240 g/mol. The van der Waals surface area contributed by atoms with Crippen LogP contribution in [0.2, 0.25) is 0 Å². The molecule has 104 valence electrons. The van der Waals surface area contributed by atoms with E-state index in [-0.39, 0.29) is 6.10 Å². The van der Waals surface area contributed by atoms with Gasteiger partial charge in [-0.25, -0.2) is 4.79 Å². The van der Waals surface area contributed by atoms with E-state index in [4.69, 9.17) is 9.78 Å². The fraction of sp³-hybridized carbons (Fsp3) is 0.562. The van der Waals surface area contributed by atoms with Crippen molar-refractivity contribution in [1.29, 1.82) is 0 Å². The van der Waals surface area contributed by atoms with Crippen molar-refractivity contribution in [2.45, 2.75) is 52.6 Å². The highest BCUT2D eigenvalue weighted by Gasteiger charge is 2.22. The molecule has 2 atom stereocenters. The van der Waals surface area contributed by atoms with E-state index in [0.29, 0.717) is 11.5 Å². The van der Waals surface area contributed by atoms with E-state index in [1.54, 1.807) is 6.07 Å². The van der Waals surface area contributed by atoms with Gasteiger partial charge in [0.15, 0.2) is 0 Å². The smallest absolute Gasteiger partial charge is 0.293 e. The van der Waals surface area contributed by atoms with Crippen molar-refractivity contribution in [3.8, 4) is 0 Å². The van der Waals surface area contributed by atoms with Gasteiger partial charge in [0.05, 0.1) is 5.56 Å². The van der Waals surface area contributed by atoms with Crippen molar-refractivity contribution in [2.75, 3.05) is 0 Å². The average Bonchev–Trinajstić information content (AvgIpc) is 2.36. The highest BCUT2D eigenvalue weighted by molar-refractivity contribution is 5.90. The molecule has 0 amide bonds. The summed E-state index contributed by atoms with van der Waals surface area (Å²) in [5, 5.41) is 0. The van der Waals surface area contributed by atoms with Crippen LogP contribution >= 0.6 is 0 Å². The van der Waals surface area contributed by atoms with Gasteiger partial charge >= 0.3 is 5.97 Å². The number of rotatable bonds is 3. The van der Waals surface area contributed by atoms with Crippen LogP contribution in [0.25, 0.3) is 0 Å². The Morgan fingerprint density at radius 1 is 1.26 bits per heavy atom. The van der Waals surface area contributed by atoms with Crippen LogP contribution in [-0.4, -0.2) is 12.1 Å². The number of benzene rings is 1. The van der Waals surface area contributed by atoms with Crippen molar-refractivity contribution in [1.82, 2.24) is 0 Å². The van der Waals surface area contributed by atoms with Crippen molar-refractivity contribution in [3.05, 3.63) is 34.9 Å². The second-order valence-electron chi connectivity index (χ2n) is 5.68. The molecule has 1 aliphatic rings. The van der Waals surface area contributed by atoms with Crippen LogP contribution in [0.4, 0.5) is 0 Å². The molecule has 0 N–H and O–H groups in total. The molecule has 0 radical (unpaired) electrons. The van der Waals surface area contributed by atoms with Crippen molar-refractivity contribution in [2.24, 2.45) is 5.92 Å². The maximum atomic E-state index is 12.0. The maximum Gasteiger partial charge on any atom is 0.373 e. The van der Waals surface area contributed by atoms with E-state index < -0.39 is 5.97 Å². The summed E-state index contributed by atoms with van der Waals surface area (Å²) in [7, 11) is 0. The lowest BCUT2D eigenvalue weighted by atomic mass is 9.89. The Labute approximate surface area is 114 Å². The predicted molar refractivity (Wildman–Crippen MR) is 73.8 cm³/mol. The molecule has 3 heteroatoms. The van der Waals surface area contributed by atoms with Crippen molar-refractivity contribution < 1.29 is 14.6 Å². The molecule has 0 saturated heterocycles. The molecule has 1 fully saturated rings. The number of aryl methyl sites for hydroxylation is 2. The van der Waals surface area contributed by atoms with E-state index >= 15 is 0 Å². The summed E-state index contributed by atoms with van der Waals surface area (Å²) in [5.74, 6) is 0.259. The minimum absolute atomic E-state index is 0.0541. The van der Waals surface area contributed by atoms with Crippen LogP contribution in [0.15, 0.2) is 18.2 Å². The van der Waals surface area contributed by atoms with Crippen LogP contribution < -0.4 is 0 Å². The first-order chi connectivity index (χ1) is 9.06. The highest BCUT2D eigenvalue weighted by atomic mass is 17.2. The Hall–Kier alpha value is -1.35. The van der Waals surface area contributed by atoms with Crippen LogP contribution in [-0.2, 0) is 9.78 Å². The molecule has 0 aromatic heterocycles. The van der Waals surface area contributed by atoms with Gasteiger partial charge in [0, 0.05) is 0 Å². The van der Waals surface area contributed by atoms with E-state index in [9.17, 15) is 4.79 Å². The average molecular weight is 262 g/mol. The third kappa shape index (κ3) is 3.80. The summed E-state index contributed by atoms with van der Waals surface area (Å²) in [6, 6.07) is 5.67. The Kier molecular flexibility index (Phi) is 4.59. The van der Waals surface area contributed by atoms with Gasteiger partial charge < -0.3 is 0 Å². The third-order valence-electron chi connectivity index (χ3n) is 3.75. The molecule has 1 aromatic rings. The van der Waals surface area contributed by atoms with Gasteiger partial charge in [0.2, 0.25) is 0 Å². The Bertz CT molecular complexity index is 453. The standard InChI is InChI=1S/C16H22O3/c1-11-5-4-6-14(10-11)18-19-16(17)15-8-7-12(2)9-13(15)3/h7-9,11,14H,4-6,10H2,1-3H3. The fourth-order valence-corrected chi connectivity index (χ4v) is 2.67. The summed E-state index contributed by atoms with van der Waals surface area (Å²) in [5.41, 5.74) is 2.64. The largest absolute Gasteiger partial charge is 0.373 e. The number of carbonyl (C=O) groups excluding carboxylic acids is 1. The SMILES string of the molecule is Cc1ccc(C(=O)OOC2CCCC(C)C2)c(C)c1. The first kappa shape index (κ1) is 14.1. The molecule has 1 saturated carbocycles. The monoisotopic (exact) mass is 262 g/mol. The minimum Gasteiger partial charge on any atom is -0.293 e.